The Labute approximate surface area is 161 Å². The number of rotatable bonds is 5. The van der Waals surface area contributed by atoms with E-state index in [2.05, 4.69) is 28.2 Å². The Morgan fingerprint density at radius 2 is 1.79 bits per heavy atom. The van der Waals surface area contributed by atoms with Crippen LogP contribution in [0.2, 0.25) is 0 Å². The van der Waals surface area contributed by atoms with Crippen molar-refractivity contribution in [1.82, 2.24) is 9.97 Å². The highest BCUT2D eigenvalue weighted by Gasteiger charge is 2.11. The number of nitrogen functional groups attached to an aromatic ring is 1. The molecule has 2 aromatic carbocycles. The fraction of sp³-hybridized carbons (Fsp3) is 0.136. The van der Waals surface area contributed by atoms with Gasteiger partial charge in [0, 0.05) is 17.0 Å². The predicted molar refractivity (Wildman–Crippen MR) is 109 cm³/mol. The average Bonchev–Trinajstić information content (AvgIpc) is 2.72. The Balaban J connectivity index is 1.70. The highest BCUT2D eigenvalue weighted by Crippen LogP contribution is 2.28. The molecule has 4 aromatic rings. The number of ether oxygens (including phenoxy) is 1. The van der Waals surface area contributed by atoms with E-state index in [4.69, 9.17) is 10.5 Å². The van der Waals surface area contributed by atoms with Crippen molar-refractivity contribution in [2.45, 2.75) is 12.8 Å². The van der Waals surface area contributed by atoms with E-state index in [1.807, 2.05) is 18.3 Å². The maximum Gasteiger partial charge on any atom is 0.335 e. The van der Waals surface area contributed by atoms with Crippen LogP contribution in [-0.2, 0) is 12.8 Å². The van der Waals surface area contributed by atoms with Crippen LogP contribution in [0.1, 0.15) is 21.5 Å². The van der Waals surface area contributed by atoms with Crippen molar-refractivity contribution in [1.29, 1.82) is 0 Å². The molecule has 0 fully saturated rings. The van der Waals surface area contributed by atoms with Gasteiger partial charge in [-0.25, -0.2) is 9.78 Å². The lowest BCUT2D eigenvalue weighted by molar-refractivity contribution is 0.0697. The maximum absolute atomic E-state index is 11.2. The van der Waals surface area contributed by atoms with Crippen molar-refractivity contribution in [2.24, 2.45) is 0 Å². The van der Waals surface area contributed by atoms with Gasteiger partial charge in [0.2, 0.25) is 0 Å². The molecule has 4 rings (SSSR count). The fourth-order valence-electron chi connectivity index (χ4n) is 3.30. The summed E-state index contributed by atoms with van der Waals surface area (Å²) in [5.74, 6) is 0.145. The summed E-state index contributed by atoms with van der Waals surface area (Å²) in [7, 11) is 1.65. The number of carboxylic acids is 1. The molecule has 2 heterocycles. The number of carboxylic acid groups (broad SMARTS) is 1. The van der Waals surface area contributed by atoms with Crippen molar-refractivity contribution in [3.63, 3.8) is 0 Å². The minimum absolute atomic E-state index is 0.183. The number of aryl methyl sites for hydroxylation is 2. The third kappa shape index (κ3) is 3.32. The van der Waals surface area contributed by atoms with Gasteiger partial charge in [0.05, 0.1) is 18.2 Å². The Morgan fingerprint density at radius 3 is 2.50 bits per heavy atom. The third-order valence-corrected chi connectivity index (χ3v) is 4.82. The summed E-state index contributed by atoms with van der Waals surface area (Å²) in [6, 6.07) is 15.0. The summed E-state index contributed by atoms with van der Waals surface area (Å²) in [6.45, 7) is 0. The first kappa shape index (κ1) is 17.7. The molecule has 6 heteroatoms. The van der Waals surface area contributed by atoms with E-state index in [9.17, 15) is 9.90 Å². The largest absolute Gasteiger partial charge is 0.497 e. The highest BCUT2D eigenvalue weighted by atomic mass is 16.5. The monoisotopic (exact) mass is 373 g/mol. The Hall–Kier alpha value is -3.67. The van der Waals surface area contributed by atoms with Crippen LogP contribution in [0.4, 0.5) is 5.82 Å². The molecule has 0 saturated heterocycles. The summed E-state index contributed by atoms with van der Waals surface area (Å²) in [4.78, 5) is 20.1. The van der Waals surface area contributed by atoms with Crippen molar-refractivity contribution < 1.29 is 14.6 Å². The van der Waals surface area contributed by atoms with Crippen LogP contribution in [0.15, 0.2) is 54.7 Å². The average molecular weight is 373 g/mol. The molecule has 0 bridgehead atoms. The zero-order valence-corrected chi connectivity index (χ0v) is 15.3. The van der Waals surface area contributed by atoms with Crippen LogP contribution < -0.4 is 10.5 Å². The molecule has 0 amide bonds. The number of carbonyl (C=O) groups is 1. The molecule has 0 aliphatic heterocycles. The van der Waals surface area contributed by atoms with Gasteiger partial charge in [0.25, 0.3) is 0 Å². The predicted octanol–water partition coefficient (Wildman–Crippen LogP) is 3.86. The zero-order chi connectivity index (χ0) is 19.7. The number of aromatic carboxylic acids is 1. The number of fused-ring (bicyclic) bond motifs is 3. The second-order valence-electron chi connectivity index (χ2n) is 6.62. The molecule has 3 N–H and O–H groups in total. The molecule has 0 unspecified atom stereocenters. The molecule has 0 aliphatic carbocycles. The topological polar surface area (TPSA) is 98.3 Å². The van der Waals surface area contributed by atoms with Crippen LogP contribution in [0.25, 0.3) is 21.8 Å². The van der Waals surface area contributed by atoms with Crippen molar-refractivity contribution in [3.05, 3.63) is 71.4 Å². The normalized spacial score (nSPS) is 11.0. The van der Waals surface area contributed by atoms with E-state index in [1.165, 1.54) is 11.6 Å². The molecule has 140 valence electrons. The van der Waals surface area contributed by atoms with E-state index < -0.39 is 5.97 Å². The Kier molecular flexibility index (Phi) is 4.53. The molecular formula is C22H19N3O3. The first-order valence-corrected chi connectivity index (χ1v) is 8.89. The van der Waals surface area contributed by atoms with Gasteiger partial charge in [-0.1, -0.05) is 18.2 Å². The van der Waals surface area contributed by atoms with E-state index in [0.717, 1.165) is 34.9 Å². The van der Waals surface area contributed by atoms with E-state index in [-0.39, 0.29) is 5.56 Å². The summed E-state index contributed by atoms with van der Waals surface area (Å²) < 4.78 is 5.19. The molecule has 0 atom stereocenters. The molecule has 0 saturated carbocycles. The minimum Gasteiger partial charge on any atom is -0.497 e. The van der Waals surface area contributed by atoms with Crippen LogP contribution in [0.5, 0.6) is 5.75 Å². The quantitative estimate of drug-likeness (QED) is 0.516. The zero-order valence-electron chi connectivity index (χ0n) is 15.3. The molecular weight excluding hydrogens is 354 g/mol. The number of nitrogens with two attached hydrogens (primary N) is 1. The van der Waals surface area contributed by atoms with Crippen molar-refractivity contribution in [3.8, 4) is 5.75 Å². The van der Waals surface area contributed by atoms with Gasteiger partial charge in [-0.3, -0.25) is 4.98 Å². The van der Waals surface area contributed by atoms with Crippen LogP contribution in [-0.4, -0.2) is 28.2 Å². The lowest BCUT2D eigenvalue weighted by Crippen LogP contribution is -2.00. The number of benzene rings is 2. The summed E-state index contributed by atoms with van der Waals surface area (Å²) >= 11 is 0. The van der Waals surface area contributed by atoms with Crippen molar-refractivity contribution >= 4 is 33.6 Å². The molecule has 6 nitrogen and oxygen atoms in total. The first-order valence-electron chi connectivity index (χ1n) is 8.89. The smallest absolute Gasteiger partial charge is 0.335 e. The van der Waals surface area contributed by atoms with Gasteiger partial charge < -0.3 is 15.6 Å². The molecule has 0 aliphatic rings. The second-order valence-corrected chi connectivity index (χ2v) is 6.62. The van der Waals surface area contributed by atoms with Crippen molar-refractivity contribution in [2.75, 3.05) is 12.8 Å². The van der Waals surface area contributed by atoms with Crippen LogP contribution in [0.3, 0.4) is 0 Å². The van der Waals surface area contributed by atoms with Gasteiger partial charge in [0.15, 0.2) is 5.82 Å². The maximum atomic E-state index is 11.2. The lowest BCUT2D eigenvalue weighted by atomic mass is 10.0. The number of nitrogens with zero attached hydrogens (tertiary/aromatic N) is 2. The fourth-order valence-corrected chi connectivity index (χ4v) is 3.30. The van der Waals surface area contributed by atoms with E-state index in [1.54, 1.807) is 19.2 Å². The minimum atomic E-state index is -0.992. The van der Waals surface area contributed by atoms with Gasteiger partial charge in [-0.05, 0) is 54.3 Å². The van der Waals surface area contributed by atoms with Gasteiger partial charge >= 0.3 is 5.97 Å². The van der Waals surface area contributed by atoms with Gasteiger partial charge in [0.1, 0.15) is 11.3 Å². The van der Waals surface area contributed by atoms with Gasteiger partial charge in [-0.15, -0.1) is 0 Å². The second kappa shape index (κ2) is 7.15. The number of pyridine rings is 2. The highest BCUT2D eigenvalue weighted by molar-refractivity contribution is 6.09. The number of methoxy groups -OCH3 is 1. The number of hydrogen-bond acceptors (Lipinski definition) is 5. The van der Waals surface area contributed by atoms with Gasteiger partial charge in [-0.2, -0.15) is 0 Å². The summed E-state index contributed by atoms with van der Waals surface area (Å²) in [6.07, 6.45) is 3.52. The summed E-state index contributed by atoms with van der Waals surface area (Å²) in [5.41, 5.74) is 9.72. The Morgan fingerprint density at radius 1 is 1.04 bits per heavy atom. The molecule has 0 radical (unpaired) electrons. The number of aromatic nitrogens is 2. The van der Waals surface area contributed by atoms with E-state index >= 15 is 0 Å². The first-order chi connectivity index (χ1) is 13.5. The molecule has 28 heavy (non-hydrogen) atoms. The standard InChI is InChI=1S/C22H19N3O3/c1-28-16-7-4-13(5-8-16)2-3-14-10-18-17-9-6-15(22(26)27)11-19(17)25-21(23)20(18)24-12-14/h4-12H,2-3H2,1H3,(H2,23,25)(H,26,27). The molecule has 2 aromatic heterocycles. The van der Waals surface area contributed by atoms with Crippen LogP contribution >= 0.6 is 0 Å². The SMILES string of the molecule is COc1ccc(CCc2cnc3c(N)nc4cc(C(=O)O)ccc4c3c2)cc1. The third-order valence-electron chi connectivity index (χ3n) is 4.82. The van der Waals surface area contributed by atoms with E-state index in [0.29, 0.717) is 16.9 Å². The number of hydrogen-bond donors (Lipinski definition) is 2. The molecule has 0 spiro atoms. The Bertz CT molecular complexity index is 1190. The lowest BCUT2D eigenvalue weighted by Gasteiger charge is -2.09. The number of anilines is 1. The van der Waals surface area contributed by atoms with Crippen LogP contribution in [0, 0.1) is 0 Å². The summed E-state index contributed by atoms with van der Waals surface area (Å²) in [5, 5.41) is 10.9.